The van der Waals surface area contributed by atoms with Crippen LogP contribution in [0.4, 0.5) is 0 Å². The van der Waals surface area contributed by atoms with Crippen LogP contribution in [0.2, 0.25) is 0 Å². The normalized spacial score (nSPS) is 18.7. The van der Waals surface area contributed by atoms with Crippen molar-refractivity contribution in [3.63, 3.8) is 0 Å². The second kappa shape index (κ2) is 5.75. The number of benzene rings is 1. The maximum atomic E-state index is 11.4. The Kier molecular flexibility index (Phi) is 4.16. The maximum absolute atomic E-state index is 11.4. The van der Waals surface area contributed by atoms with Crippen molar-refractivity contribution in [2.24, 2.45) is 5.41 Å². The van der Waals surface area contributed by atoms with E-state index in [0.29, 0.717) is 11.3 Å². The zero-order chi connectivity index (χ0) is 16.4. The minimum atomic E-state index is -2.70. The first-order valence-corrected chi connectivity index (χ1v) is 6.45. The average molecular weight is 304 g/mol. The molecule has 116 valence electrons. The second-order valence-electron chi connectivity index (χ2n) is 4.88. The number of carbonyl (C=O) groups is 2. The van der Waals surface area contributed by atoms with Gasteiger partial charge in [-0.3, -0.25) is 0 Å². The Bertz CT molecular complexity index is 648. The van der Waals surface area contributed by atoms with Crippen LogP contribution in [0.15, 0.2) is 42.2 Å². The molecule has 0 amide bonds. The molecular formula is C16H16O6. The predicted molar refractivity (Wildman–Crippen MR) is 77.8 cm³/mol. The van der Waals surface area contributed by atoms with Gasteiger partial charge in [0, 0.05) is 5.57 Å². The first kappa shape index (κ1) is 15.9. The van der Waals surface area contributed by atoms with Crippen molar-refractivity contribution < 1.29 is 29.3 Å². The van der Waals surface area contributed by atoms with Crippen LogP contribution in [0.5, 0.6) is 5.75 Å². The molecule has 6 heteroatoms. The van der Waals surface area contributed by atoms with Gasteiger partial charge in [0.25, 0.3) is 0 Å². The number of hydrogen-bond donors (Lipinski definition) is 2. The Hall–Kier alpha value is -2.44. The highest BCUT2D eigenvalue weighted by atomic mass is 16.5. The number of hydrogen-bond acceptors (Lipinski definition) is 6. The van der Waals surface area contributed by atoms with Crippen molar-refractivity contribution in [3.8, 4) is 5.75 Å². The topological polar surface area (TPSA) is 93.1 Å². The number of carbonyl (C=O) groups excluding carboxylic acids is 2. The molecule has 1 aliphatic rings. The van der Waals surface area contributed by atoms with Crippen LogP contribution >= 0.6 is 0 Å². The van der Waals surface area contributed by atoms with Gasteiger partial charge in [0.15, 0.2) is 5.41 Å². The van der Waals surface area contributed by atoms with Gasteiger partial charge in [-0.1, -0.05) is 12.1 Å². The van der Waals surface area contributed by atoms with Crippen molar-refractivity contribution in [1.29, 1.82) is 0 Å². The Balaban J connectivity index is 2.67. The summed E-state index contributed by atoms with van der Waals surface area (Å²) in [4.78, 5) is 22.8. The third kappa shape index (κ3) is 2.32. The molecule has 1 aromatic rings. The molecule has 2 N–H and O–H groups in total. The number of methoxy groups -OCH3 is 2. The van der Waals surface area contributed by atoms with Gasteiger partial charge in [-0.25, -0.2) is 0 Å². The summed E-state index contributed by atoms with van der Waals surface area (Å²) in [6, 6.07) is 6.50. The summed E-state index contributed by atoms with van der Waals surface area (Å²) < 4.78 is 10.2. The Morgan fingerprint density at radius 2 is 1.77 bits per heavy atom. The maximum Gasteiger partial charge on any atom is 0.214 e. The molecule has 0 unspecified atom stereocenters. The van der Waals surface area contributed by atoms with Crippen LogP contribution < -0.4 is 4.74 Å². The van der Waals surface area contributed by atoms with E-state index in [0.717, 1.165) is 6.08 Å². The summed E-state index contributed by atoms with van der Waals surface area (Å²) in [5.41, 5.74) is -1.80. The number of allylic oxidation sites excluding steroid dienone is 1. The van der Waals surface area contributed by atoms with Gasteiger partial charge in [-0.15, -0.1) is 0 Å². The number of aldehydes is 2. The van der Waals surface area contributed by atoms with E-state index in [1.165, 1.54) is 20.3 Å². The third-order valence-corrected chi connectivity index (χ3v) is 3.65. The summed E-state index contributed by atoms with van der Waals surface area (Å²) in [6.45, 7) is 0. The number of ether oxygens (including phenoxy) is 2. The smallest absolute Gasteiger partial charge is 0.214 e. The molecule has 0 radical (unpaired) electrons. The molecule has 0 aromatic heterocycles. The van der Waals surface area contributed by atoms with Gasteiger partial charge in [0.05, 0.1) is 14.2 Å². The molecule has 1 aromatic carbocycles. The molecule has 6 nitrogen and oxygen atoms in total. The van der Waals surface area contributed by atoms with Crippen LogP contribution in [0.1, 0.15) is 5.56 Å². The largest absolute Gasteiger partial charge is 0.497 e. The molecule has 0 heterocycles. The fourth-order valence-corrected chi connectivity index (χ4v) is 2.31. The van der Waals surface area contributed by atoms with Crippen molar-refractivity contribution in [2.75, 3.05) is 14.2 Å². The molecular weight excluding hydrogens is 288 g/mol. The van der Waals surface area contributed by atoms with Crippen molar-refractivity contribution in [1.82, 2.24) is 0 Å². The molecule has 0 bridgehead atoms. The molecule has 0 saturated heterocycles. The van der Waals surface area contributed by atoms with E-state index >= 15 is 0 Å². The lowest BCUT2D eigenvalue weighted by molar-refractivity contribution is -0.179. The van der Waals surface area contributed by atoms with E-state index in [4.69, 9.17) is 9.47 Å². The Labute approximate surface area is 127 Å². The summed E-state index contributed by atoms with van der Waals surface area (Å²) >= 11 is 0. The molecule has 0 saturated carbocycles. The highest BCUT2D eigenvalue weighted by Gasteiger charge is 2.54. The first-order chi connectivity index (χ1) is 10.4. The van der Waals surface area contributed by atoms with Crippen LogP contribution in [-0.2, 0) is 14.3 Å². The first-order valence-electron chi connectivity index (χ1n) is 6.45. The van der Waals surface area contributed by atoms with E-state index in [1.807, 2.05) is 0 Å². The van der Waals surface area contributed by atoms with Gasteiger partial charge < -0.3 is 29.3 Å². The molecule has 22 heavy (non-hydrogen) atoms. The van der Waals surface area contributed by atoms with Gasteiger partial charge in [0.2, 0.25) is 5.79 Å². The molecule has 0 aliphatic heterocycles. The minimum absolute atomic E-state index is 0.0371. The fourth-order valence-electron chi connectivity index (χ4n) is 2.31. The summed E-state index contributed by atoms with van der Waals surface area (Å²) in [7, 11) is 2.83. The fraction of sp³-hybridized carbons (Fsp3) is 0.250. The number of aliphatic hydroxyl groups is 2. The highest BCUT2D eigenvalue weighted by Crippen LogP contribution is 2.43. The lowest BCUT2D eigenvalue weighted by atomic mass is 9.72. The zero-order valence-electron chi connectivity index (χ0n) is 12.1. The second-order valence-corrected chi connectivity index (χ2v) is 4.88. The monoisotopic (exact) mass is 304 g/mol. The number of rotatable bonds is 5. The van der Waals surface area contributed by atoms with Gasteiger partial charge in [-0.2, -0.15) is 0 Å². The van der Waals surface area contributed by atoms with E-state index in [9.17, 15) is 19.8 Å². The summed E-state index contributed by atoms with van der Waals surface area (Å²) in [6.07, 6.45) is 2.81. The van der Waals surface area contributed by atoms with Gasteiger partial charge in [0.1, 0.15) is 24.1 Å². The van der Waals surface area contributed by atoms with E-state index in [2.05, 4.69) is 0 Å². The highest BCUT2D eigenvalue weighted by molar-refractivity contribution is 5.95. The predicted octanol–water partition coefficient (Wildman–Crippen LogP) is 0.688. The molecule has 0 fully saturated rings. The lowest BCUT2D eigenvalue weighted by Gasteiger charge is -2.38. The van der Waals surface area contributed by atoms with Crippen LogP contribution in [0, 0.1) is 5.41 Å². The van der Waals surface area contributed by atoms with Crippen LogP contribution in [0.25, 0.3) is 5.57 Å². The quantitative estimate of drug-likeness (QED) is 0.472. The lowest BCUT2D eigenvalue weighted by Crippen LogP contribution is -2.52. The van der Waals surface area contributed by atoms with Crippen molar-refractivity contribution in [3.05, 3.63) is 47.7 Å². The standard InChI is InChI=1S/C16H16O6/c1-21-12-5-3-4-11(6-12)14-7-13(22-2)8-15(9-17,10-18)16(14,19)20/h3-10,19-20H,1-2H3. The molecule has 1 aliphatic carbocycles. The van der Waals surface area contributed by atoms with Gasteiger partial charge >= 0.3 is 0 Å². The summed E-state index contributed by atoms with van der Waals surface area (Å²) in [5.74, 6) is -2.04. The van der Waals surface area contributed by atoms with Crippen LogP contribution in [-0.4, -0.2) is 42.8 Å². The van der Waals surface area contributed by atoms with E-state index in [-0.39, 0.29) is 23.9 Å². The van der Waals surface area contributed by atoms with Crippen LogP contribution in [0.3, 0.4) is 0 Å². The van der Waals surface area contributed by atoms with Crippen molar-refractivity contribution in [2.45, 2.75) is 5.79 Å². The average Bonchev–Trinajstić information content (AvgIpc) is 2.54. The van der Waals surface area contributed by atoms with Gasteiger partial charge in [-0.05, 0) is 29.8 Å². The molecule has 0 spiro atoms. The zero-order valence-corrected chi connectivity index (χ0v) is 12.1. The van der Waals surface area contributed by atoms with E-state index < -0.39 is 11.2 Å². The Morgan fingerprint density at radius 3 is 2.32 bits per heavy atom. The van der Waals surface area contributed by atoms with Crippen molar-refractivity contribution >= 4 is 18.1 Å². The molecule has 0 atom stereocenters. The minimum Gasteiger partial charge on any atom is -0.497 e. The molecule has 2 rings (SSSR count). The third-order valence-electron chi connectivity index (χ3n) is 3.65. The summed E-state index contributed by atoms with van der Waals surface area (Å²) in [5, 5.41) is 20.9. The van der Waals surface area contributed by atoms with E-state index in [1.54, 1.807) is 24.3 Å². The Morgan fingerprint density at radius 1 is 1.09 bits per heavy atom. The SMILES string of the molecule is COC1=CC(C=O)(C=O)C(O)(O)C(c2cccc(OC)c2)=C1.